The average molecular weight is 407 g/mol. The SMILES string of the molecule is CCOC(=O)c1c(NC(=O)NNC(=O)c2ccco2)sc2c1CC(C)(C)OC2. The van der Waals surface area contributed by atoms with E-state index in [0.717, 1.165) is 10.4 Å². The zero-order chi connectivity index (χ0) is 20.3. The van der Waals surface area contributed by atoms with Crippen LogP contribution in [0.1, 0.15) is 52.1 Å². The summed E-state index contributed by atoms with van der Waals surface area (Å²) >= 11 is 1.25. The first-order chi connectivity index (χ1) is 13.3. The largest absolute Gasteiger partial charge is 0.462 e. The van der Waals surface area contributed by atoms with Crippen molar-refractivity contribution in [3.05, 3.63) is 40.2 Å². The van der Waals surface area contributed by atoms with Crippen molar-refractivity contribution >= 4 is 34.2 Å². The molecule has 2 aromatic heterocycles. The predicted molar refractivity (Wildman–Crippen MR) is 101 cm³/mol. The third-order valence-electron chi connectivity index (χ3n) is 4.03. The highest BCUT2D eigenvalue weighted by molar-refractivity contribution is 7.17. The summed E-state index contributed by atoms with van der Waals surface area (Å²) in [6.45, 7) is 6.15. The van der Waals surface area contributed by atoms with Crippen molar-refractivity contribution in [1.29, 1.82) is 0 Å². The number of thiophene rings is 1. The molecule has 0 atom stereocenters. The first kappa shape index (κ1) is 19.9. The molecule has 0 fully saturated rings. The molecule has 0 spiro atoms. The van der Waals surface area contributed by atoms with E-state index in [1.807, 2.05) is 13.8 Å². The van der Waals surface area contributed by atoms with Gasteiger partial charge in [-0.2, -0.15) is 0 Å². The van der Waals surface area contributed by atoms with E-state index in [4.69, 9.17) is 13.9 Å². The number of anilines is 1. The van der Waals surface area contributed by atoms with Crippen LogP contribution in [0.2, 0.25) is 0 Å². The number of hydrogen-bond donors (Lipinski definition) is 3. The normalized spacial score (nSPS) is 14.7. The maximum absolute atomic E-state index is 12.5. The Morgan fingerprint density at radius 1 is 1.29 bits per heavy atom. The fourth-order valence-corrected chi connectivity index (χ4v) is 3.89. The minimum Gasteiger partial charge on any atom is -0.462 e. The van der Waals surface area contributed by atoms with Crippen molar-refractivity contribution in [2.24, 2.45) is 0 Å². The quantitative estimate of drug-likeness (QED) is 0.530. The highest BCUT2D eigenvalue weighted by atomic mass is 32.1. The van der Waals surface area contributed by atoms with Crippen LogP contribution in [0.5, 0.6) is 0 Å². The Labute approximate surface area is 165 Å². The van der Waals surface area contributed by atoms with Crippen LogP contribution in [0.3, 0.4) is 0 Å². The van der Waals surface area contributed by atoms with E-state index in [1.165, 1.54) is 23.7 Å². The zero-order valence-electron chi connectivity index (χ0n) is 15.7. The van der Waals surface area contributed by atoms with Crippen molar-refractivity contribution in [2.75, 3.05) is 11.9 Å². The number of carbonyl (C=O) groups excluding carboxylic acids is 3. The van der Waals surface area contributed by atoms with Gasteiger partial charge in [0.15, 0.2) is 5.76 Å². The lowest BCUT2D eigenvalue weighted by Crippen LogP contribution is -2.43. The summed E-state index contributed by atoms with van der Waals surface area (Å²) in [7, 11) is 0. The van der Waals surface area contributed by atoms with E-state index in [9.17, 15) is 14.4 Å². The molecule has 28 heavy (non-hydrogen) atoms. The van der Waals surface area contributed by atoms with Gasteiger partial charge in [0.1, 0.15) is 5.00 Å². The molecular weight excluding hydrogens is 386 g/mol. The number of furan rings is 1. The molecule has 10 heteroatoms. The van der Waals surface area contributed by atoms with Crippen LogP contribution in [-0.4, -0.2) is 30.1 Å². The fraction of sp³-hybridized carbons (Fsp3) is 0.389. The zero-order valence-corrected chi connectivity index (χ0v) is 16.5. The summed E-state index contributed by atoms with van der Waals surface area (Å²) in [5.41, 5.74) is 5.16. The lowest BCUT2D eigenvalue weighted by Gasteiger charge is -2.30. The predicted octanol–water partition coefficient (Wildman–Crippen LogP) is 2.84. The summed E-state index contributed by atoms with van der Waals surface area (Å²) in [6.07, 6.45) is 1.87. The van der Waals surface area contributed by atoms with E-state index in [-0.39, 0.29) is 12.4 Å². The molecule has 0 bridgehead atoms. The molecule has 1 aliphatic heterocycles. The van der Waals surface area contributed by atoms with E-state index < -0.39 is 23.5 Å². The molecule has 3 rings (SSSR count). The Bertz CT molecular complexity index is 888. The molecule has 0 radical (unpaired) electrons. The summed E-state index contributed by atoms with van der Waals surface area (Å²) in [6, 6.07) is 2.31. The van der Waals surface area contributed by atoms with E-state index in [2.05, 4.69) is 16.2 Å². The molecule has 2 aromatic rings. The van der Waals surface area contributed by atoms with Gasteiger partial charge in [-0.25, -0.2) is 15.0 Å². The van der Waals surface area contributed by atoms with E-state index in [0.29, 0.717) is 23.6 Å². The van der Waals surface area contributed by atoms with Gasteiger partial charge in [-0.1, -0.05) is 0 Å². The summed E-state index contributed by atoms with van der Waals surface area (Å²) in [4.78, 5) is 37.4. The van der Waals surface area contributed by atoms with Crippen LogP contribution in [0.15, 0.2) is 22.8 Å². The number of ether oxygens (including phenoxy) is 2. The highest BCUT2D eigenvalue weighted by Crippen LogP contribution is 2.40. The summed E-state index contributed by atoms with van der Waals surface area (Å²) in [5.74, 6) is -1.06. The molecule has 150 valence electrons. The molecule has 1 aliphatic rings. The average Bonchev–Trinajstić information content (AvgIpc) is 3.26. The topological polar surface area (TPSA) is 119 Å². The van der Waals surface area contributed by atoms with Crippen LogP contribution < -0.4 is 16.2 Å². The van der Waals surface area contributed by atoms with Crippen LogP contribution in [0, 0.1) is 0 Å². The Kier molecular flexibility index (Phi) is 5.71. The number of nitrogens with one attached hydrogen (secondary N) is 3. The van der Waals surface area contributed by atoms with Gasteiger partial charge in [0.05, 0.1) is 30.6 Å². The lowest BCUT2D eigenvalue weighted by atomic mass is 9.93. The standard InChI is InChI=1S/C18H21N3O6S/c1-4-25-16(23)13-10-8-18(2,3)27-9-12(10)28-15(13)19-17(24)21-20-14(22)11-6-5-7-26-11/h5-7H,4,8-9H2,1-3H3,(H,20,22)(H2,19,21,24). The maximum atomic E-state index is 12.5. The number of amides is 3. The van der Waals surface area contributed by atoms with Crippen LogP contribution >= 0.6 is 11.3 Å². The first-order valence-electron chi connectivity index (χ1n) is 8.67. The first-order valence-corrected chi connectivity index (χ1v) is 9.49. The second kappa shape index (κ2) is 8.03. The molecule has 3 heterocycles. The molecule has 3 N–H and O–H groups in total. The molecule has 0 saturated heterocycles. The molecular formula is C18H21N3O6S. The minimum absolute atomic E-state index is 0.0541. The van der Waals surface area contributed by atoms with Crippen molar-refractivity contribution in [3.63, 3.8) is 0 Å². The third kappa shape index (κ3) is 4.34. The van der Waals surface area contributed by atoms with Crippen LogP contribution in [-0.2, 0) is 22.5 Å². The minimum atomic E-state index is -0.704. The summed E-state index contributed by atoms with van der Waals surface area (Å²) < 4.78 is 15.9. The van der Waals surface area contributed by atoms with Crippen LogP contribution in [0.4, 0.5) is 9.80 Å². The number of esters is 1. The Morgan fingerprint density at radius 3 is 2.75 bits per heavy atom. The molecule has 3 amide bonds. The van der Waals surface area contributed by atoms with E-state index >= 15 is 0 Å². The van der Waals surface area contributed by atoms with Gasteiger partial charge in [0.25, 0.3) is 0 Å². The number of rotatable bonds is 4. The smallest absolute Gasteiger partial charge is 0.341 e. The number of fused-ring (bicyclic) bond motifs is 1. The number of carbonyl (C=O) groups is 3. The van der Waals surface area contributed by atoms with Gasteiger partial charge in [0.2, 0.25) is 0 Å². The highest BCUT2D eigenvalue weighted by Gasteiger charge is 2.34. The molecule has 0 aromatic carbocycles. The van der Waals surface area contributed by atoms with Gasteiger partial charge < -0.3 is 13.9 Å². The van der Waals surface area contributed by atoms with Gasteiger partial charge in [0, 0.05) is 11.3 Å². The maximum Gasteiger partial charge on any atom is 0.341 e. The van der Waals surface area contributed by atoms with Crippen molar-refractivity contribution in [3.8, 4) is 0 Å². The number of hydrazine groups is 1. The molecule has 0 saturated carbocycles. The monoisotopic (exact) mass is 407 g/mol. The molecule has 9 nitrogen and oxygen atoms in total. The third-order valence-corrected chi connectivity index (χ3v) is 5.15. The Morgan fingerprint density at radius 2 is 2.07 bits per heavy atom. The molecule has 0 unspecified atom stereocenters. The Balaban J connectivity index is 1.75. The van der Waals surface area contributed by atoms with Crippen molar-refractivity contribution in [1.82, 2.24) is 10.9 Å². The summed E-state index contributed by atoms with van der Waals surface area (Å²) in [5, 5.41) is 2.94. The lowest BCUT2D eigenvalue weighted by molar-refractivity contribution is -0.0384. The van der Waals surface area contributed by atoms with Gasteiger partial charge in [-0.15, -0.1) is 11.3 Å². The number of hydrogen-bond acceptors (Lipinski definition) is 7. The van der Waals surface area contributed by atoms with E-state index in [1.54, 1.807) is 13.0 Å². The van der Waals surface area contributed by atoms with Crippen molar-refractivity contribution in [2.45, 2.75) is 39.4 Å². The van der Waals surface area contributed by atoms with Crippen molar-refractivity contribution < 1.29 is 28.3 Å². The fourth-order valence-electron chi connectivity index (χ4n) is 2.78. The Hall–Kier alpha value is -2.85. The number of urea groups is 1. The van der Waals surface area contributed by atoms with Gasteiger partial charge >= 0.3 is 17.9 Å². The molecule has 0 aliphatic carbocycles. The second-order valence-corrected chi connectivity index (χ2v) is 7.77. The van der Waals surface area contributed by atoms with Crippen LogP contribution in [0.25, 0.3) is 0 Å². The van der Waals surface area contributed by atoms with Gasteiger partial charge in [-0.05, 0) is 38.5 Å². The second-order valence-electron chi connectivity index (χ2n) is 6.66. The van der Waals surface area contributed by atoms with Gasteiger partial charge in [-0.3, -0.25) is 15.5 Å².